The Balaban J connectivity index is 1.78. The van der Waals surface area contributed by atoms with Gasteiger partial charge in [-0.05, 0) is 62.6 Å². The lowest BCUT2D eigenvalue weighted by Gasteiger charge is -2.25. The zero-order valence-corrected chi connectivity index (χ0v) is 20.1. The van der Waals surface area contributed by atoms with Crippen molar-refractivity contribution in [2.75, 3.05) is 11.3 Å². The van der Waals surface area contributed by atoms with Gasteiger partial charge >= 0.3 is 0 Å². The summed E-state index contributed by atoms with van der Waals surface area (Å²) in [6.45, 7) is 4.37. The molecule has 32 heavy (non-hydrogen) atoms. The van der Waals surface area contributed by atoms with Crippen LogP contribution in [0, 0.1) is 0 Å². The second-order valence-corrected chi connectivity index (χ2v) is 10.2. The third kappa shape index (κ3) is 5.54. The fourth-order valence-electron chi connectivity index (χ4n) is 3.46. The molecule has 7 nitrogen and oxygen atoms in total. The Morgan fingerprint density at radius 3 is 2.59 bits per heavy atom. The summed E-state index contributed by atoms with van der Waals surface area (Å²) in [4.78, 5) is 27.2. The van der Waals surface area contributed by atoms with Crippen molar-refractivity contribution in [2.24, 2.45) is 0 Å². The number of nitrogens with zero attached hydrogens (tertiary/aromatic N) is 1. The Morgan fingerprint density at radius 1 is 1.16 bits per heavy atom. The highest BCUT2D eigenvalue weighted by molar-refractivity contribution is 7.92. The maximum Gasteiger partial charge on any atom is 0.261 e. The lowest BCUT2D eigenvalue weighted by Crippen LogP contribution is -2.48. The number of carbonyl (C=O) groups is 2. The van der Waals surface area contributed by atoms with Crippen molar-refractivity contribution in [1.82, 2.24) is 10.2 Å². The van der Waals surface area contributed by atoms with Gasteiger partial charge in [0.25, 0.3) is 15.9 Å². The summed E-state index contributed by atoms with van der Waals surface area (Å²) in [5.74, 6) is -0.482. The molecule has 1 heterocycles. The Morgan fingerprint density at radius 2 is 1.91 bits per heavy atom. The van der Waals surface area contributed by atoms with Gasteiger partial charge in [0.2, 0.25) is 5.91 Å². The summed E-state index contributed by atoms with van der Waals surface area (Å²) in [6, 6.07) is 9.68. The van der Waals surface area contributed by atoms with Gasteiger partial charge in [-0.15, -0.1) is 0 Å². The number of hydrogen-bond acceptors (Lipinski definition) is 4. The molecule has 0 bridgehead atoms. The van der Waals surface area contributed by atoms with Crippen LogP contribution in [-0.2, 0) is 14.8 Å². The molecule has 2 aromatic rings. The van der Waals surface area contributed by atoms with Crippen LogP contribution in [0.15, 0.2) is 47.4 Å². The number of sulfonamides is 1. The lowest BCUT2D eigenvalue weighted by atomic mass is 10.1. The summed E-state index contributed by atoms with van der Waals surface area (Å²) < 4.78 is 27.9. The monoisotopic (exact) mass is 497 g/mol. The number of amides is 2. The highest BCUT2D eigenvalue weighted by Crippen LogP contribution is 2.27. The molecule has 2 aromatic carbocycles. The number of likely N-dealkylation sites (tertiary alicyclic amines) is 1. The molecule has 0 aromatic heterocycles. The topological polar surface area (TPSA) is 95.6 Å². The molecular formula is C22H25Cl2N3O4S. The maximum absolute atomic E-state index is 13.1. The zero-order chi connectivity index (χ0) is 23.5. The van der Waals surface area contributed by atoms with E-state index in [1.807, 2.05) is 13.8 Å². The summed E-state index contributed by atoms with van der Waals surface area (Å²) >= 11 is 11.8. The molecule has 172 valence electrons. The van der Waals surface area contributed by atoms with Gasteiger partial charge in [0.1, 0.15) is 6.04 Å². The molecule has 0 aliphatic carbocycles. The number of anilines is 1. The van der Waals surface area contributed by atoms with Gasteiger partial charge in [-0.3, -0.25) is 14.3 Å². The van der Waals surface area contributed by atoms with E-state index in [0.717, 1.165) is 12.8 Å². The number of nitrogens with one attached hydrogen (secondary N) is 2. The van der Waals surface area contributed by atoms with Crippen molar-refractivity contribution in [3.8, 4) is 0 Å². The number of benzene rings is 2. The molecule has 1 aliphatic rings. The zero-order valence-electron chi connectivity index (χ0n) is 17.8. The third-order valence-corrected chi connectivity index (χ3v) is 7.50. The minimum Gasteiger partial charge on any atom is -0.352 e. The van der Waals surface area contributed by atoms with Crippen LogP contribution >= 0.6 is 23.2 Å². The van der Waals surface area contributed by atoms with Gasteiger partial charge < -0.3 is 10.2 Å². The van der Waals surface area contributed by atoms with Crippen molar-refractivity contribution in [2.45, 2.75) is 50.1 Å². The van der Waals surface area contributed by atoms with Crippen LogP contribution in [0.1, 0.15) is 43.5 Å². The molecule has 1 saturated heterocycles. The molecule has 2 atom stereocenters. The van der Waals surface area contributed by atoms with Crippen LogP contribution in [0.3, 0.4) is 0 Å². The van der Waals surface area contributed by atoms with E-state index in [0.29, 0.717) is 18.5 Å². The van der Waals surface area contributed by atoms with E-state index in [2.05, 4.69) is 10.0 Å². The molecule has 1 aliphatic heterocycles. The van der Waals surface area contributed by atoms with Crippen molar-refractivity contribution in [3.63, 3.8) is 0 Å². The minimum atomic E-state index is -3.94. The van der Waals surface area contributed by atoms with Gasteiger partial charge in [0, 0.05) is 23.8 Å². The van der Waals surface area contributed by atoms with E-state index in [-0.39, 0.29) is 38.5 Å². The molecule has 1 fully saturated rings. The fourth-order valence-corrected chi connectivity index (χ4v) is 4.90. The number of carbonyl (C=O) groups excluding carboxylic acids is 2. The van der Waals surface area contributed by atoms with Crippen LogP contribution < -0.4 is 10.0 Å². The van der Waals surface area contributed by atoms with Gasteiger partial charge in [0.15, 0.2) is 0 Å². The van der Waals surface area contributed by atoms with Gasteiger partial charge in [-0.2, -0.15) is 0 Å². The van der Waals surface area contributed by atoms with Crippen molar-refractivity contribution in [3.05, 3.63) is 58.1 Å². The van der Waals surface area contributed by atoms with Gasteiger partial charge in [0.05, 0.1) is 14.9 Å². The maximum atomic E-state index is 13.1. The molecule has 2 amide bonds. The third-order valence-electron chi connectivity index (χ3n) is 5.38. The fraction of sp³-hybridized carbons (Fsp3) is 0.364. The summed E-state index contributed by atoms with van der Waals surface area (Å²) in [5.41, 5.74) is 0.518. The second kappa shape index (κ2) is 10.1. The average Bonchev–Trinajstić information content (AvgIpc) is 3.25. The predicted molar refractivity (Wildman–Crippen MR) is 126 cm³/mol. The van der Waals surface area contributed by atoms with E-state index >= 15 is 0 Å². The Hall–Kier alpha value is -2.29. The Kier molecular flexibility index (Phi) is 7.69. The molecule has 3 rings (SSSR count). The standard InChI is InChI=1S/C22H25Cl2N3O4S/c1-3-14(2)25-21(28)20-8-5-11-27(20)22(29)15-6-4-7-16(12-15)26-32(30,31)17-9-10-18(23)19(24)13-17/h4,6-7,9-10,12-14,20,26H,3,5,8,11H2,1-2H3,(H,25,28)/t14-,20-/m0/s1. The Labute approximate surface area is 198 Å². The first-order chi connectivity index (χ1) is 15.1. The molecule has 0 unspecified atom stereocenters. The summed E-state index contributed by atoms with van der Waals surface area (Å²) in [6.07, 6.45) is 2.12. The molecular weight excluding hydrogens is 473 g/mol. The van der Waals surface area contributed by atoms with E-state index in [1.54, 1.807) is 23.1 Å². The second-order valence-electron chi connectivity index (χ2n) is 7.74. The first kappa shape index (κ1) is 24.4. The average molecular weight is 498 g/mol. The van der Waals surface area contributed by atoms with Gasteiger partial charge in [-0.1, -0.05) is 36.2 Å². The highest BCUT2D eigenvalue weighted by Gasteiger charge is 2.35. The first-order valence-corrected chi connectivity index (χ1v) is 12.6. The molecule has 0 radical (unpaired) electrons. The van der Waals surface area contributed by atoms with Crippen LogP contribution in [0.4, 0.5) is 5.69 Å². The Bertz CT molecular complexity index is 1120. The van der Waals surface area contributed by atoms with Crippen LogP contribution in [0.25, 0.3) is 0 Å². The van der Waals surface area contributed by atoms with Crippen LogP contribution in [0.5, 0.6) is 0 Å². The predicted octanol–water partition coefficient (Wildman–Crippen LogP) is 4.31. The normalized spacial score (nSPS) is 17.1. The smallest absolute Gasteiger partial charge is 0.261 e. The van der Waals surface area contributed by atoms with Crippen LogP contribution in [0.2, 0.25) is 10.0 Å². The molecule has 0 spiro atoms. The minimum absolute atomic E-state index is 0.0270. The van der Waals surface area contributed by atoms with E-state index < -0.39 is 16.1 Å². The quantitative estimate of drug-likeness (QED) is 0.595. The largest absolute Gasteiger partial charge is 0.352 e. The summed E-state index contributed by atoms with van der Waals surface area (Å²) in [5, 5.41) is 3.30. The van der Waals surface area contributed by atoms with E-state index in [1.165, 1.54) is 24.3 Å². The summed E-state index contributed by atoms with van der Waals surface area (Å²) in [7, 11) is -3.94. The number of halogens is 2. The van der Waals surface area contributed by atoms with Crippen LogP contribution in [-0.4, -0.2) is 43.8 Å². The lowest BCUT2D eigenvalue weighted by molar-refractivity contribution is -0.125. The van der Waals surface area contributed by atoms with E-state index in [4.69, 9.17) is 23.2 Å². The van der Waals surface area contributed by atoms with Crippen molar-refractivity contribution >= 4 is 50.7 Å². The highest BCUT2D eigenvalue weighted by atomic mass is 35.5. The first-order valence-electron chi connectivity index (χ1n) is 10.3. The van der Waals surface area contributed by atoms with Crippen molar-refractivity contribution in [1.29, 1.82) is 0 Å². The molecule has 0 saturated carbocycles. The SMILES string of the molecule is CC[C@H](C)NC(=O)[C@@H]1CCCN1C(=O)c1cccc(NS(=O)(=O)c2ccc(Cl)c(Cl)c2)c1. The van der Waals surface area contributed by atoms with Crippen molar-refractivity contribution < 1.29 is 18.0 Å². The molecule has 2 N–H and O–H groups in total. The molecule has 10 heteroatoms. The van der Waals surface area contributed by atoms with Gasteiger partial charge in [-0.25, -0.2) is 8.42 Å². The number of rotatable bonds is 7. The van der Waals surface area contributed by atoms with E-state index in [9.17, 15) is 18.0 Å². The number of hydrogen-bond donors (Lipinski definition) is 2.